The highest BCUT2D eigenvalue weighted by molar-refractivity contribution is 9.10. The Kier molecular flexibility index (Phi) is 10.1. The number of halogens is 1. The van der Waals surface area contributed by atoms with Crippen LogP contribution in [0.1, 0.15) is 34.1 Å². The topological polar surface area (TPSA) is 49.9 Å². The average molecular weight is 530 g/mol. The van der Waals surface area contributed by atoms with Crippen molar-refractivity contribution in [3.63, 3.8) is 0 Å². The van der Waals surface area contributed by atoms with Gasteiger partial charge in [-0.2, -0.15) is 0 Å². The molecule has 3 rings (SSSR count). The summed E-state index contributed by atoms with van der Waals surface area (Å²) in [4.78, 5) is 31.3. The Hall–Kier alpha value is -2.48. The Bertz CT molecular complexity index is 1010. The predicted octanol–water partition coefficient (Wildman–Crippen LogP) is 5.61. The second kappa shape index (κ2) is 13.3. The van der Waals surface area contributed by atoms with E-state index in [4.69, 9.17) is 4.74 Å². The maximum absolute atomic E-state index is 13.5. The first-order valence-corrected chi connectivity index (χ1v) is 12.7. The van der Waals surface area contributed by atoms with Crippen molar-refractivity contribution >= 4 is 39.1 Å². The van der Waals surface area contributed by atoms with E-state index in [2.05, 4.69) is 15.9 Å². The van der Waals surface area contributed by atoms with Crippen molar-refractivity contribution in [1.82, 2.24) is 9.80 Å². The molecule has 0 atom stereocenters. The SMILES string of the molecule is CCOCCCN(CC(=O)N(Cc1ccccc1)Cc1cccs1)C(=O)c1cccc(Br)c1. The van der Waals surface area contributed by atoms with Gasteiger partial charge in [0.2, 0.25) is 5.91 Å². The lowest BCUT2D eigenvalue weighted by molar-refractivity contribution is -0.133. The normalized spacial score (nSPS) is 10.7. The monoisotopic (exact) mass is 528 g/mol. The second-order valence-electron chi connectivity index (χ2n) is 7.60. The summed E-state index contributed by atoms with van der Waals surface area (Å²) in [5.41, 5.74) is 1.62. The Labute approximate surface area is 208 Å². The second-order valence-corrected chi connectivity index (χ2v) is 9.55. The van der Waals surface area contributed by atoms with Gasteiger partial charge < -0.3 is 14.5 Å². The summed E-state index contributed by atoms with van der Waals surface area (Å²) in [7, 11) is 0. The van der Waals surface area contributed by atoms with E-state index < -0.39 is 0 Å². The van der Waals surface area contributed by atoms with Crippen LogP contribution in [0.25, 0.3) is 0 Å². The van der Waals surface area contributed by atoms with Gasteiger partial charge in [-0.05, 0) is 48.6 Å². The quantitative estimate of drug-likeness (QED) is 0.287. The van der Waals surface area contributed by atoms with Crippen molar-refractivity contribution in [1.29, 1.82) is 0 Å². The largest absolute Gasteiger partial charge is 0.382 e. The fraction of sp³-hybridized carbons (Fsp3) is 0.308. The Morgan fingerprint density at radius 3 is 2.48 bits per heavy atom. The van der Waals surface area contributed by atoms with E-state index in [0.29, 0.717) is 44.8 Å². The summed E-state index contributed by atoms with van der Waals surface area (Å²) in [6.07, 6.45) is 0.671. The maximum Gasteiger partial charge on any atom is 0.254 e. The third kappa shape index (κ3) is 8.11. The Balaban J connectivity index is 1.77. The molecule has 1 heterocycles. The van der Waals surface area contributed by atoms with E-state index >= 15 is 0 Å². The number of carbonyl (C=O) groups excluding carboxylic acids is 2. The molecule has 3 aromatic rings. The minimum atomic E-state index is -0.156. The molecular weight excluding hydrogens is 500 g/mol. The van der Waals surface area contributed by atoms with Crippen molar-refractivity contribution in [3.05, 3.63) is 92.6 Å². The van der Waals surface area contributed by atoms with Crippen LogP contribution in [0.4, 0.5) is 0 Å². The Morgan fingerprint density at radius 1 is 0.970 bits per heavy atom. The summed E-state index contributed by atoms with van der Waals surface area (Å²) >= 11 is 5.06. The summed E-state index contributed by atoms with van der Waals surface area (Å²) < 4.78 is 6.28. The van der Waals surface area contributed by atoms with E-state index in [1.807, 2.05) is 71.8 Å². The standard InChI is InChI=1S/C26H29BrN2O3S/c1-2-32-15-8-14-28(26(31)22-11-6-12-23(27)17-22)20-25(30)29(19-24-13-7-16-33-24)18-21-9-4-3-5-10-21/h3-7,9-13,16-17H,2,8,14-15,18-20H2,1H3. The third-order valence-corrected chi connectivity index (χ3v) is 6.46. The highest BCUT2D eigenvalue weighted by Gasteiger charge is 2.23. The van der Waals surface area contributed by atoms with Crippen molar-refractivity contribution in [2.45, 2.75) is 26.4 Å². The molecule has 2 amide bonds. The molecule has 0 spiro atoms. The van der Waals surface area contributed by atoms with Crippen LogP contribution in [0.2, 0.25) is 0 Å². The van der Waals surface area contributed by atoms with Crippen LogP contribution < -0.4 is 0 Å². The lowest BCUT2D eigenvalue weighted by Gasteiger charge is -2.28. The molecule has 0 aliphatic carbocycles. The van der Waals surface area contributed by atoms with Crippen molar-refractivity contribution in [3.8, 4) is 0 Å². The number of ether oxygens (including phenoxy) is 1. The number of hydrogen-bond acceptors (Lipinski definition) is 4. The predicted molar refractivity (Wildman–Crippen MR) is 136 cm³/mol. The summed E-state index contributed by atoms with van der Waals surface area (Å²) in [6.45, 7) is 4.61. The first-order chi connectivity index (χ1) is 16.1. The van der Waals surface area contributed by atoms with Gasteiger partial charge in [-0.15, -0.1) is 11.3 Å². The van der Waals surface area contributed by atoms with E-state index in [-0.39, 0.29) is 18.4 Å². The van der Waals surface area contributed by atoms with E-state index in [1.54, 1.807) is 28.4 Å². The minimum absolute atomic E-state index is 0.0235. The van der Waals surface area contributed by atoms with Crippen molar-refractivity contribution in [2.75, 3.05) is 26.3 Å². The molecule has 1 aromatic heterocycles. The zero-order valence-electron chi connectivity index (χ0n) is 18.8. The molecule has 0 aliphatic rings. The molecule has 0 unspecified atom stereocenters. The molecular formula is C26H29BrN2O3S. The van der Waals surface area contributed by atoms with Crippen LogP contribution in [0.15, 0.2) is 76.6 Å². The first kappa shape index (κ1) is 25.1. The van der Waals surface area contributed by atoms with Gasteiger partial charge in [-0.3, -0.25) is 9.59 Å². The molecule has 174 valence electrons. The molecule has 5 nitrogen and oxygen atoms in total. The van der Waals surface area contributed by atoms with E-state index in [9.17, 15) is 9.59 Å². The number of amides is 2. The van der Waals surface area contributed by atoms with Crippen molar-refractivity contribution < 1.29 is 14.3 Å². The van der Waals surface area contributed by atoms with Crippen LogP contribution in [0.5, 0.6) is 0 Å². The third-order valence-electron chi connectivity index (χ3n) is 5.10. The molecule has 0 N–H and O–H groups in total. The van der Waals surface area contributed by atoms with Crippen LogP contribution in [-0.4, -0.2) is 47.9 Å². The lowest BCUT2D eigenvalue weighted by Crippen LogP contribution is -2.43. The summed E-state index contributed by atoms with van der Waals surface area (Å²) in [5, 5.41) is 2.01. The smallest absolute Gasteiger partial charge is 0.254 e. The fourth-order valence-electron chi connectivity index (χ4n) is 3.45. The summed E-state index contributed by atoms with van der Waals surface area (Å²) in [5.74, 6) is -0.232. The maximum atomic E-state index is 13.5. The van der Waals surface area contributed by atoms with Crippen LogP contribution in [0, 0.1) is 0 Å². The number of hydrogen-bond donors (Lipinski definition) is 0. The lowest BCUT2D eigenvalue weighted by atomic mass is 10.2. The number of nitrogens with zero attached hydrogens (tertiary/aromatic N) is 2. The van der Waals surface area contributed by atoms with Gasteiger partial charge in [0, 0.05) is 41.2 Å². The van der Waals surface area contributed by atoms with E-state index in [1.165, 1.54) is 0 Å². The number of benzene rings is 2. The van der Waals surface area contributed by atoms with Gasteiger partial charge in [0.15, 0.2) is 0 Å². The first-order valence-electron chi connectivity index (χ1n) is 11.0. The number of thiophene rings is 1. The molecule has 0 bridgehead atoms. The average Bonchev–Trinajstić information content (AvgIpc) is 3.34. The van der Waals surface area contributed by atoms with Crippen LogP contribution in [-0.2, 0) is 22.6 Å². The molecule has 0 saturated heterocycles. The van der Waals surface area contributed by atoms with Crippen molar-refractivity contribution in [2.24, 2.45) is 0 Å². The highest BCUT2D eigenvalue weighted by atomic mass is 79.9. The Morgan fingerprint density at radius 2 is 1.79 bits per heavy atom. The van der Waals surface area contributed by atoms with E-state index in [0.717, 1.165) is 14.9 Å². The molecule has 2 aromatic carbocycles. The molecule has 0 fully saturated rings. The zero-order chi connectivity index (χ0) is 23.5. The molecule has 7 heteroatoms. The van der Waals surface area contributed by atoms with Gasteiger partial charge in [0.25, 0.3) is 5.91 Å². The van der Waals surface area contributed by atoms with Gasteiger partial charge in [0.1, 0.15) is 6.54 Å². The van der Waals surface area contributed by atoms with Gasteiger partial charge >= 0.3 is 0 Å². The fourth-order valence-corrected chi connectivity index (χ4v) is 4.57. The van der Waals surface area contributed by atoms with Crippen LogP contribution in [0.3, 0.4) is 0 Å². The van der Waals surface area contributed by atoms with Crippen LogP contribution >= 0.6 is 27.3 Å². The van der Waals surface area contributed by atoms with Gasteiger partial charge in [-0.1, -0.05) is 58.4 Å². The molecule has 33 heavy (non-hydrogen) atoms. The zero-order valence-corrected chi connectivity index (χ0v) is 21.2. The number of rotatable bonds is 12. The van der Waals surface area contributed by atoms with Gasteiger partial charge in [-0.25, -0.2) is 0 Å². The molecule has 0 radical (unpaired) electrons. The number of carbonyl (C=O) groups is 2. The van der Waals surface area contributed by atoms with Gasteiger partial charge in [0.05, 0.1) is 6.54 Å². The molecule has 0 aliphatic heterocycles. The molecule has 0 saturated carbocycles. The summed E-state index contributed by atoms with van der Waals surface area (Å²) in [6, 6.07) is 21.2. The highest BCUT2D eigenvalue weighted by Crippen LogP contribution is 2.17. The minimum Gasteiger partial charge on any atom is -0.382 e.